The van der Waals surface area contributed by atoms with E-state index < -0.39 is 10.0 Å². The maximum Gasteiger partial charge on any atom is 0.211 e. The predicted octanol–water partition coefficient (Wildman–Crippen LogP) is 5.89. The van der Waals surface area contributed by atoms with Crippen LogP contribution in [0.2, 0.25) is 5.02 Å². The van der Waals surface area contributed by atoms with Crippen LogP contribution in [0.4, 0.5) is 0 Å². The fourth-order valence-corrected chi connectivity index (χ4v) is 6.19. The molecule has 1 fully saturated rings. The fourth-order valence-electron chi connectivity index (χ4n) is 5.09. The summed E-state index contributed by atoms with van der Waals surface area (Å²) < 4.78 is 25.3. The van der Waals surface area contributed by atoms with Crippen LogP contribution < -0.4 is 0 Å². The first-order valence-corrected chi connectivity index (χ1v) is 14.3. The Kier molecular flexibility index (Phi) is 8.13. The molecule has 0 saturated carbocycles. The Morgan fingerprint density at radius 3 is 2.39 bits per heavy atom. The molecule has 8 heteroatoms. The van der Waals surface area contributed by atoms with E-state index in [-0.39, 0.29) is 5.92 Å². The third kappa shape index (κ3) is 6.14. The molecule has 1 aromatic heterocycles. The van der Waals surface area contributed by atoms with Crippen molar-refractivity contribution in [1.29, 1.82) is 0 Å². The first-order chi connectivity index (χ1) is 17.2. The summed E-state index contributed by atoms with van der Waals surface area (Å²) in [6, 6.07) is 18.3. The van der Waals surface area contributed by atoms with Gasteiger partial charge in [-0.05, 0) is 79.1 Å². The predicted molar refractivity (Wildman–Crippen MR) is 145 cm³/mol. The molecule has 1 atom stereocenters. The average Bonchev–Trinajstić information content (AvgIpc) is 2.85. The number of nitrogens with zero attached hydrogens (tertiary/aromatic N) is 3. The molecule has 3 aromatic rings. The van der Waals surface area contributed by atoms with E-state index in [0.29, 0.717) is 36.2 Å². The largest absolute Gasteiger partial charge is 0.411 e. The third-order valence-electron chi connectivity index (χ3n) is 7.09. The van der Waals surface area contributed by atoms with Gasteiger partial charge in [0.05, 0.1) is 12.0 Å². The molecule has 6 nitrogen and oxygen atoms in total. The van der Waals surface area contributed by atoms with Crippen molar-refractivity contribution in [3.05, 3.63) is 99.3 Å². The molecule has 2 heterocycles. The highest BCUT2D eigenvalue weighted by atomic mass is 35.5. The number of sulfonamides is 1. The second-order valence-electron chi connectivity index (χ2n) is 9.59. The first-order valence-electron chi connectivity index (χ1n) is 12.1. The summed E-state index contributed by atoms with van der Waals surface area (Å²) in [6.07, 6.45) is 5.14. The summed E-state index contributed by atoms with van der Waals surface area (Å²) in [7, 11) is -3.14. The fraction of sp³-hybridized carbons (Fsp3) is 0.357. The number of hydrogen-bond donors (Lipinski definition) is 1. The van der Waals surface area contributed by atoms with E-state index in [9.17, 15) is 13.6 Å². The Labute approximate surface area is 218 Å². The minimum absolute atomic E-state index is 0.0391. The van der Waals surface area contributed by atoms with Gasteiger partial charge in [0.2, 0.25) is 10.0 Å². The first kappa shape index (κ1) is 26.3. The molecule has 1 saturated heterocycles. The van der Waals surface area contributed by atoms with Crippen LogP contribution in [0.3, 0.4) is 0 Å². The maximum absolute atomic E-state index is 11.9. The van der Waals surface area contributed by atoms with Crippen LogP contribution in [0.15, 0.2) is 65.9 Å². The van der Waals surface area contributed by atoms with E-state index in [1.807, 2.05) is 44.2 Å². The zero-order valence-corrected chi connectivity index (χ0v) is 22.4. The zero-order valence-electron chi connectivity index (χ0n) is 20.9. The normalized spacial score (nSPS) is 16.7. The standard InChI is InChI=1S/C28H32ClN3O3S/c1-19-16-25(29)8-9-26(19)27(18-28(31-33)24-10-13-30-20(2)17-24)23-6-4-21(5-7-23)22-11-14-32(15-12-22)36(3,34)35/h4-10,13,16-17,22,27,33H,11-12,14-15,18H2,1-3H3/t27-/m1/s1. The Morgan fingerprint density at radius 1 is 1.11 bits per heavy atom. The lowest BCUT2D eigenvalue weighted by molar-refractivity contribution is 0.317. The average molecular weight is 526 g/mol. The van der Waals surface area contributed by atoms with Crippen LogP contribution in [0.1, 0.15) is 64.6 Å². The van der Waals surface area contributed by atoms with Gasteiger partial charge in [-0.2, -0.15) is 0 Å². The van der Waals surface area contributed by atoms with Crippen LogP contribution in [0.5, 0.6) is 0 Å². The Bertz CT molecular complexity index is 1350. The number of piperidine rings is 1. The lowest BCUT2D eigenvalue weighted by Crippen LogP contribution is -2.37. The van der Waals surface area contributed by atoms with Gasteiger partial charge in [0.1, 0.15) is 0 Å². The van der Waals surface area contributed by atoms with Crippen molar-refractivity contribution in [2.75, 3.05) is 19.3 Å². The molecular formula is C28H32ClN3O3S. The summed E-state index contributed by atoms with van der Waals surface area (Å²) in [4.78, 5) is 4.26. The van der Waals surface area contributed by atoms with Crippen molar-refractivity contribution >= 4 is 27.3 Å². The number of benzene rings is 2. The molecule has 1 aliphatic rings. The highest BCUT2D eigenvalue weighted by Gasteiger charge is 2.26. The van der Waals surface area contributed by atoms with Gasteiger partial charge >= 0.3 is 0 Å². The van der Waals surface area contributed by atoms with E-state index in [1.54, 1.807) is 10.5 Å². The number of aromatic nitrogens is 1. The molecule has 0 unspecified atom stereocenters. The van der Waals surface area contributed by atoms with E-state index in [2.05, 4.69) is 34.4 Å². The van der Waals surface area contributed by atoms with Crippen molar-refractivity contribution in [2.24, 2.45) is 5.16 Å². The zero-order chi connectivity index (χ0) is 25.9. The number of hydrogen-bond acceptors (Lipinski definition) is 5. The van der Waals surface area contributed by atoms with Gasteiger partial charge in [-0.25, -0.2) is 12.7 Å². The monoisotopic (exact) mass is 525 g/mol. The van der Waals surface area contributed by atoms with Crippen molar-refractivity contribution in [3.63, 3.8) is 0 Å². The topological polar surface area (TPSA) is 82.9 Å². The molecule has 1 aliphatic heterocycles. The SMILES string of the molecule is Cc1cc(C(C[C@H](c2ccc(C3CCN(S(C)(=O)=O)CC3)cc2)c2ccc(Cl)cc2C)=NO)ccn1. The Balaban J connectivity index is 1.62. The van der Waals surface area contributed by atoms with Gasteiger partial charge in [-0.15, -0.1) is 0 Å². The van der Waals surface area contributed by atoms with Crippen LogP contribution >= 0.6 is 11.6 Å². The van der Waals surface area contributed by atoms with E-state index in [1.165, 1.54) is 11.8 Å². The Hall–Kier alpha value is -2.74. The van der Waals surface area contributed by atoms with Crippen molar-refractivity contribution < 1.29 is 13.6 Å². The van der Waals surface area contributed by atoms with Gasteiger partial charge in [-0.3, -0.25) is 4.98 Å². The van der Waals surface area contributed by atoms with Gasteiger partial charge in [0, 0.05) is 47.9 Å². The highest BCUT2D eigenvalue weighted by Crippen LogP contribution is 2.35. The molecular weight excluding hydrogens is 494 g/mol. The van der Waals surface area contributed by atoms with E-state index in [0.717, 1.165) is 40.8 Å². The smallest absolute Gasteiger partial charge is 0.211 e. The van der Waals surface area contributed by atoms with Gasteiger partial charge < -0.3 is 5.21 Å². The van der Waals surface area contributed by atoms with Crippen LogP contribution in [-0.4, -0.2) is 48.0 Å². The van der Waals surface area contributed by atoms with Crippen molar-refractivity contribution in [1.82, 2.24) is 9.29 Å². The summed E-state index contributed by atoms with van der Waals surface area (Å²) >= 11 is 6.25. The number of rotatable bonds is 7. The molecule has 0 radical (unpaired) electrons. The lowest BCUT2D eigenvalue weighted by atomic mass is 9.82. The van der Waals surface area contributed by atoms with Crippen LogP contribution in [0, 0.1) is 13.8 Å². The molecule has 0 amide bonds. The van der Waals surface area contributed by atoms with Crippen LogP contribution in [0.25, 0.3) is 0 Å². The summed E-state index contributed by atoms with van der Waals surface area (Å²) in [5.74, 6) is 0.296. The second kappa shape index (κ2) is 11.1. The molecule has 190 valence electrons. The van der Waals surface area contributed by atoms with E-state index in [4.69, 9.17) is 11.6 Å². The minimum atomic E-state index is -3.14. The molecule has 0 bridgehead atoms. The molecule has 2 aromatic carbocycles. The van der Waals surface area contributed by atoms with Gasteiger partial charge in [-0.1, -0.05) is 47.1 Å². The van der Waals surface area contributed by atoms with Gasteiger partial charge in [0.25, 0.3) is 0 Å². The quantitative estimate of drug-likeness (QED) is 0.237. The second-order valence-corrected chi connectivity index (χ2v) is 12.0. The molecule has 36 heavy (non-hydrogen) atoms. The molecule has 1 N–H and O–H groups in total. The number of aryl methyl sites for hydroxylation is 2. The Morgan fingerprint density at radius 2 is 1.81 bits per heavy atom. The number of halogens is 1. The molecule has 0 aliphatic carbocycles. The highest BCUT2D eigenvalue weighted by molar-refractivity contribution is 7.88. The molecule has 0 spiro atoms. The number of pyridine rings is 1. The third-order valence-corrected chi connectivity index (χ3v) is 8.63. The van der Waals surface area contributed by atoms with Crippen molar-refractivity contribution in [2.45, 2.75) is 44.9 Å². The summed E-state index contributed by atoms with van der Waals surface area (Å²) in [5.41, 5.74) is 6.84. The van der Waals surface area contributed by atoms with Crippen LogP contribution in [-0.2, 0) is 10.0 Å². The number of oxime groups is 1. The maximum atomic E-state index is 11.9. The van der Waals surface area contributed by atoms with E-state index >= 15 is 0 Å². The minimum Gasteiger partial charge on any atom is -0.411 e. The summed E-state index contributed by atoms with van der Waals surface area (Å²) in [5, 5.41) is 14.3. The molecule has 4 rings (SSSR count). The van der Waals surface area contributed by atoms with Gasteiger partial charge in [0.15, 0.2) is 0 Å². The summed E-state index contributed by atoms with van der Waals surface area (Å²) in [6.45, 7) is 5.07. The van der Waals surface area contributed by atoms with Crippen molar-refractivity contribution in [3.8, 4) is 0 Å². The lowest BCUT2D eigenvalue weighted by Gasteiger charge is -2.30.